The molecule has 0 saturated carbocycles. The number of hydrogen-bond acceptors (Lipinski definition) is 4. The van der Waals surface area contributed by atoms with Crippen LogP contribution in [-0.2, 0) is 6.61 Å². The van der Waals surface area contributed by atoms with E-state index in [-0.39, 0.29) is 5.91 Å². The summed E-state index contributed by atoms with van der Waals surface area (Å²) >= 11 is 9.44. The Labute approximate surface area is 188 Å². The molecule has 7 heteroatoms. The number of amides is 1. The van der Waals surface area contributed by atoms with Gasteiger partial charge in [-0.05, 0) is 58.7 Å². The Hall–Kier alpha value is -2.83. The summed E-state index contributed by atoms with van der Waals surface area (Å²) in [6.07, 6.45) is 1.54. The topological polar surface area (TPSA) is 59.9 Å². The molecule has 0 fully saturated rings. The maximum Gasteiger partial charge on any atom is 0.271 e. The van der Waals surface area contributed by atoms with E-state index in [0.29, 0.717) is 35.3 Å². The quantitative estimate of drug-likeness (QED) is 0.320. The fourth-order valence-electron chi connectivity index (χ4n) is 2.62. The van der Waals surface area contributed by atoms with Gasteiger partial charge in [-0.25, -0.2) is 5.43 Å². The van der Waals surface area contributed by atoms with Gasteiger partial charge in [0.2, 0.25) is 0 Å². The number of carbonyl (C=O) groups is 1. The summed E-state index contributed by atoms with van der Waals surface area (Å²) in [6, 6.07) is 20.2. The highest BCUT2D eigenvalue weighted by atomic mass is 79.9. The van der Waals surface area contributed by atoms with E-state index in [4.69, 9.17) is 21.1 Å². The number of nitrogens with one attached hydrogen (secondary N) is 1. The molecule has 0 aromatic heterocycles. The zero-order chi connectivity index (χ0) is 21.3. The molecule has 5 nitrogen and oxygen atoms in total. The molecule has 0 aliphatic heterocycles. The normalized spacial score (nSPS) is 10.8. The molecule has 1 amide bonds. The Morgan fingerprint density at radius 1 is 1.07 bits per heavy atom. The van der Waals surface area contributed by atoms with E-state index in [1.54, 1.807) is 24.3 Å². The van der Waals surface area contributed by atoms with E-state index in [9.17, 15) is 4.79 Å². The van der Waals surface area contributed by atoms with Crippen LogP contribution in [0.5, 0.6) is 11.5 Å². The van der Waals surface area contributed by atoms with Gasteiger partial charge in [0.1, 0.15) is 6.61 Å². The third-order valence-electron chi connectivity index (χ3n) is 4.06. The summed E-state index contributed by atoms with van der Waals surface area (Å²) in [5, 5.41) is 4.53. The summed E-state index contributed by atoms with van der Waals surface area (Å²) in [7, 11) is 0. The molecule has 0 bridgehead atoms. The Balaban J connectivity index is 1.72. The molecule has 0 atom stereocenters. The predicted octanol–water partition coefficient (Wildman–Crippen LogP) is 5.84. The molecule has 0 heterocycles. The molecular formula is C23H20BrClN2O3. The molecule has 154 valence electrons. The van der Waals surface area contributed by atoms with E-state index in [1.807, 2.05) is 49.4 Å². The van der Waals surface area contributed by atoms with E-state index in [2.05, 4.69) is 26.5 Å². The molecule has 0 aliphatic carbocycles. The van der Waals surface area contributed by atoms with Gasteiger partial charge in [-0.1, -0.05) is 48.0 Å². The van der Waals surface area contributed by atoms with E-state index >= 15 is 0 Å². The van der Waals surface area contributed by atoms with Crippen LogP contribution in [0.15, 0.2) is 76.3 Å². The number of ether oxygens (including phenoxy) is 2. The summed E-state index contributed by atoms with van der Waals surface area (Å²) in [5.74, 6) is 0.865. The van der Waals surface area contributed by atoms with Crippen molar-refractivity contribution < 1.29 is 14.3 Å². The minimum Gasteiger partial charge on any atom is -0.490 e. The molecule has 3 aromatic rings. The smallest absolute Gasteiger partial charge is 0.271 e. The number of hydrazone groups is 1. The van der Waals surface area contributed by atoms with Crippen molar-refractivity contribution in [2.24, 2.45) is 5.10 Å². The van der Waals surface area contributed by atoms with E-state index in [1.165, 1.54) is 6.21 Å². The van der Waals surface area contributed by atoms with Crippen LogP contribution >= 0.6 is 27.5 Å². The third kappa shape index (κ3) is 6.08. The van der Waals surface area contributed by atoms with Gasteiger partial charge in [0.15, 0.2) is 11.5 Å². The Morgan fingerprint density at radius 2 is 1.83 bits per heavy atom. The van der Waals surface area contributed by atoms with Crippen LogP contribution in [0.3, 0.4) is 0 Å². The minimum atomic E-state index is -0.349. The number of benzene rings is 3. The largest absolute Gasteiger partial charge is 0.490 e. The zero-order valence-electron chi connectivity index (χ0n) is 16.3. The van der Waals surface area contributed by atoms with Crippen LogP contribution in [0.2, 0.25) is 5.02 Å². The highest BCUT2D eigenvalue weighted by Crippen LogP contribution is 2.33. The van der Waals surface area contributed by atoms with Gasteiger partial charge in [0.05, 0.1) is 12.8 Å². The summed E-state index contributed by atoms with van der Waals surface area (Å²) < 4.78 is 12.4. The Bertz CT molecular complexity index is 1040. The van der Waals surface area contributed by atoms with E-state index < -0.39 is 0 Å². The lowest BCUT2D eigenvalue weighted by Crippen LogP contribution is -2.17. The van der Waals surface area contributed by atoms with Crippen LogP contribution in [0.1, 0.15) is 28.4 Å². The second-order valence-electron chi connectivity index (χ2n) is 6.24. The number of carbonyl (C=O) groups excluding carboxylic acids is 1. The van der Waals surface area contributed by atoms with Crippen molar-refractivity contribution in [3.8, 4) is 11.5 Å². The van der Waals surface area contributed by atoms with Crippen molar-refractivity contribution in [1.29, 1.82) is 0 Å². The van der Waals surface area contributed by atoms with Crippen molar-refractivity contribution in [1.82, 2.24) is 5.43 Å². The van der Waals surface area contributed by atoms with E-state index in [0.717, 1.165) is 15.6 Å². The monoisotopic (exact) mass is 486 g/mol. The zero-order valence-corrected chi connectivity index (χ0v) is 18.6. The van der Waals surface area contributed by atoms with Crippen LogP contribution in [-0.4, -0.2) is 18.7 Å². The maximum absolute atomic E-state index is 12.2. The molecule has 0 aliphatic rings. The first-order valence-electron chi connectivity index (χ1n) is 9.29. The van der Waals surface area contributed by atoms with Gasteiger partial charge in [-0.15, -0.1) is 0 Å². The molecule has 3 aromatic carbocycles. The lowest BCUT2D eigenvalue weighted by molar-refractivity contribution is 0.0955. The van der Waals surface area contributed by atoms with Crippen molar-refractivity contribution in [3.63, 3.8) is 0 Å². The summed E-state index contributed by atoms with van der Waals surface area (Å²) in [6.45, 7) is 2.82. The van der Waals surface area contributed by atoms with Gasteiger partial charge in [-0.3, -0.25) is 4.79 Å². The van der Waals surface area contributed by atoms with Crippen molar-refractivity contribution in [3.05, 3.63) is 92.9 Å². The first-order chi connectivity index (χ1) is 14.6. The molecule has 3 rings (SSSR count). The molecule has 0 spiro atoms. The number of hydrogen-bond donors (Lipinski definition) is 1. The van der Waals surface area contributed by atoms with Crippen molar-refractivity contribution in [2.75, 3.05) is 6.61 Å². The average molecular weight is 488 g/mol. The molecule has 30 heavy (non-hydrogen) atoms. The fraction of sp³-hybridized carbons (Fsp3) is 0.130. The Kier molecular flexibility index (Phi) is 7.88. The van der Waals surface area contributed by atoms with Crippen molar-refractivity contribution >= 4 is 39.7 Å². The van der Waals surface area contributed by atoms with Gasteiger partial charge in [-0.2, -0.15) is 5.10 Å². The lowest BCUT2D eigenvalue weighted by Gasteiger charge is -2.14. The molecular weight excluding hydrogens is 468 g/mol. The van der Waals surface area contributed by atoms with Gasteiger partial charge in [0, 0.05) is 20.6 Å². The highest BCUT2D eigenvalue weighted by Gasteiger charge is 2.11. The first kappa shape index (κ1) is 21.9. The minimum absolute atomic E-state index is 0.349. The Morgan fingerprint density at radius 3 is 2.57 bits per heavy atom. The standard InChI is InChI=1S/C23H20BrClN2O3/c1-2-29-21-12-18(14-26-27-23(28)17-9-6-10-19(25)11-17)20(24)13-22(21)30-15-16-7-4-3-5-8-16/h3-14H,2,15H2,1H3,(H,27,28)/b26-14-. The molecule has 0 radical (unpaired) electrons. The van der Waals surface area contributed by atoms with Gasteiger partial charge >= 0.3 is 0 Å². The summed E-state index contributed by atoms with van der Waals surface area (Å²) in [5.41, 5.74) is 4.72. The number of rotatable bonds is 8. The van der Waals surface area contributed by atoms with Crippen LogP contribution in [0, 0.1) is 0 Å². The maximum atomic E-state index is 12.2. The molecule has 0 saturated heterocycles. The van der Waals surface area contributed by atoms with Crippen LogP contribution < -0.4 is 14.9 Å². The summed E-state index contributed by atoms with van der Waals surface area (Å²) in [4.78, 5) is 12.2. The fourth-order valence-corrected chi connectivity index (χ4v) is 3.24. The second kappa shape index (κ2) is 10.8. The molecule has 0 unspecified atom stereocenters. The predicted molar refractivity (Wildman–Crippen MR) is 123 cm³/mol. The SMILES string of the molecule is CCOc1cc(/C=N\NC(=O)c2cccc(Cl)c2)c(Br)cc1OCc1ccccc1. The van der Waals surface area contributed by atoms with Crippen LogP contribution in [0.4, 0.5) is 0 Å². The van der Waals surface area contributed by atoms with Crippen LogP contribution in [0.25, 0.3) is 0 Å². The molecule has 1 N–H and O–H groups in total. The average Bonchev–Trinajstić information content (AvgIpc) is 2.75. The van der Waals surface area contributed by atoms with Gasteiger partial charge < -0.3 is 9.47 Å². The second-order valence-corrected chi connectivity index (χ2v) is 7.53. The first-order valence-corrected chi connectivity index (χ1v) is 10.5. The lowest BCUT2D eigenvalue weighted by atomic mass is 10.2. The third-order valence-corrected chi connectivity index (χ3v) is 4.98. The highest BCUT2D eigenvalue weighted by molar-refractivity contribution is 9.10. The van der Waals surface area contributed by atoms with Crippen molar-refractivity contribution in [2.45, 2.75) is 13.5 Å². The number of nitrogens with zero attached hydrogens (tertiary/aromatic N) is 1. The number of halogens is 2. The van der Waals surface area contributed by atoms with Gasteiger partial charge in [0.25, 0.3) is 5.91 Å².